The first kappa shape index (κ1) is 10.6. The summed E-state index contributed by atoms with van der Waals surface area (Å²) in [6, 6.07) is 1.13. The Morgan fingerprint density at radius 3 is 2.57 bits per heavy atom. The van der Waals surface area contributed by atoms with Crippen LogP contribution >= 0.6 is 0 Å². The van der Waals surface area contributed by atoms with Gasteiger partial charge in [-0.1, -0.05) is 0 Å². The van der Waals surface area contributed by atoms with Crippen molar-refractivity contribution in [2.75, 3.05) is 6.61 Å². The summed E-state index contributed by atoms with van der Waals surface area (Å²) in [5, 5.41) is 0. The quantitative estimate of drug-likeness (QED) is 0.769. The number of nitrogens with one attached hydrogen (secondary N) is 1. The van der Waals surface area contributed by atoms with Crippen molar-refractivity contribution in [1.29, 1.82) is 0 Å². The highest BCUT2D eigenvalue weighted by molar-refractivity contribution is 5.06. The Bertz CT molecular complexity index is 386. The van der Waals surface area contributed by atoms with Crippen molar-refractivity contribution in [1.82, 2.24) is 9.55 Å². The van der Waals surface area contributed by atoms with Crippen molar-refractivity contribution >= 4 is 0 Å². The van der Waals surface area contributed by atoms with Crippen LogP contribution in [0.3, 0.4) is 0 Å². The summed E-state index contributed by atoms with van der Waals surface area (Å²) in [6.45, 7) is 5.75. The van der Waals surface area contributed by atoms with E-state index in [0.717, 1.165) is 4.57 Å². The van der Waals surface area contributed by atoms with Crippen molar-refractivity contribution in [2.45, 2.75) is 26.8 Å². The van der Waals surface area contributed by atoms with Gasteiger partial charge in [-0.25, -0.2) is 4.79 Å². The number of H-pyrrole nitrogens is 1. The van der Waals surface area contributed by atoms with Crippen LogP contribution in [0.5, 0.6) is 5.88 Å². The van der Waals surface area contributed by atoms with Crippen LogP contribution in [0.2, 0.25) is 0 Å². The fraction of sp³-hybridized carbons (Fsp3) is 0.556. The van der Waals surface area contributed by atoms with Gasteiger partial charge in [0.1, 0.15) is 0 Å². The lowest BCUT2D eigenvalue weighted by Gasteiger charge is -2.08. The molecule has 0 amide bonds. The lowest BCUT2D eigenvalue weighted by molar-refractivity contribution is 0.321. The summed E-state index contributed by atoms with van der Waals surface area (Å²) in [5.74, 6) is 0.222. The number of nitrogens with zero attached hydrogens (tertiary/aromatic N) is 1. The number of aromatic nitrogens is 2. The van der Waals surface area contributed by atoms with E-state index in [-0.39, 0.29) is 17.5 Å². The van der Waals surface area contributed by atoms with E-state index < -0.39 is 5.69 Å². The van der Waals surface area contributed by atoms with Crippen molar-refractivity contribution in [3.8, 4) is 5.88 Å². The summed E-state index contributed by atoms with van der Waals surface area (Å²) in [7, 11) is 0. The maximum atomic E-state index is 11.4. The highest BCUT2D eigenvalue weighted by Crippen LogP contribution is 2.00. The van der Waals surface area contributed by atoms with Crippen molar-refractivity contribution in [2.24, 2.45) is 0 Å². The molecule has 0 spiro atoms. The Morgan fingerprint density at radius 2 is 2.14 bits per heavy atom. The maximum Gasteiger partial charge on any atom is 0.331 e. The minimum Gasteiger partial charge on any atom is -0.479 e. The van der Waals surface area contributed by atoms with Crippen LogP contribution in [0, 0.1) is 0 Å². The van der Waals surface area contributed by atoms with Gasteiger partial charge in [-0.3, -0.25) is 14.3 Å². The molecule has 0 aliphatic rings. The molecule has 5 nitrogen and oxygen atoms in total. The van der Waals surface area contributed by atoms with Crippen LogP contribution in [0.1, 0.15) is 26.8 Å². The van der Waals surface area contributed by atoms with Crippen LogP contribution in [0.4, 0.5) is 0 Å². The second-order valence-corrected chi connectivity index (χ2v) is 3.17. The van der Waals surface area contributed by atoms with Crippen molar-refractivity contribution in [3.05, 3.63) is 26.9 Å². The van der Waals surface area contributed by atoms with E-state index in [9.17, 15) is 9.59 Å². The standard InChI is InChI=1S/C9H14N2O3/c1-4-14-7-5-8(12)11(6(2)3)9(13)10-7/h5-6H,4H2,1-3H3,(H,10,13). The number of rotatable bonds is 3. The highest BCUT2D eigenvalue weighted by Gasteiger charge is 2.07. The van der Waals surface area contributed by atoms with Crippen LogP contribution in [0.25, 0.3) is 0 Å². The van der Waals surface area contributed by atoms with Gasteiger partial charge in [0.15, 0.2) is 5.88 Å². The third kappa shape index (κ3) is 2.04. The molecule has 0 aliphatic heterocycles. The molecule has 1 rings (SSSR count). The summed E-state index contributed by atoms with van der Waals surface area (Å²) in [5.41, 5.74) is -0.775. The molecule has 14 heavy (non-hydrogen) atoms. The van der Waals surface area contributed by atoms with Crippen LogP contribution in [-0.2, 0) is 0 Å². The summed E-state index contributed by atoms with van der Waals surface area (Å²) < 4.78 is 6.17. The molecule has 0 fully saturated rings. The van der Waals surface area contributed by atoms with Crippen LogP contribution < -0.4 is 16.0 Å². The largest absolute Gasteiger partial charge is 0.479 e. The summed E-state index contributed by atoms with van der Waals surface area (Å²) in [4.78, 5) is 25.3. The van der Waals surface area contributed by atoms with Gasteiger partial charge in [0, 0.05) is 6.04 Å². The van der Waals surface area contributed by atoms with Gasteiger partial charge in [-0.2, -0.15) is 0 Å². The Kier molecular flexibility index (Phi) is 3.11. The Morgan fingerprint density at radius 1 is 1.50 bits per heavy atom. The SMILES string of the molecule is CCOc1cc(=O)n(C(C)C)c(=O)[nH]1. The lowest BCUT2D eigenvalue weighted by atomic mass is 10.4. The average Bonchev–Trinajstić information content (AvgIpc) is 2.01. The third-order valence-corrected chi connectivity index (χ3v) is 1.76. The van der Waals surface area contributed by atoms with Gasteiger partial charge >= 0.3 is 5.69 Å². The van der Waals surface area contributed by atoms with E-state index >= 15 is 0 Å². The molecule has 1 aromatic heterocycles. The first-order valence-corrected chi connectivity index (χ1v) is 4.55. The second-order valence-electron chi connectivity index (χ2n) is 3.17. The second kappa shape index (κ2) is 4.13. The molecule has 0 saturated heterocycles. The van der Waals surface area contributed by atoms with Crippen LogP contribution in [-0.4, -0.2) is 16.2 Å². The predicted octanol–water partition coefficient (Wildman–Crippen LogP) is 0.516. The van der Waals surface area contributed by atoms with Gasteiger partial charge in [0.25, 0.3) is 5.56 Å². The number of ether oxygens (including phenoxy) is 1. The van der Waals surface area contributed by atoms with Gasteiger partial charge in [-0.05, 0) is 20.8 Å². The maximum absolute atomic E-state index is 11.4. The summed E-state index contributed by atoms with van der Waals surface area (Å²) in [6.07, 6.45) is 0. The minimum atomic E-state index is -0.434. The monoisotopic (exact) mass is 198 g/mol. The molecule has 0 radical (unpaired) electrons. The van der Waals surface area contributed by atoms with Gasteiger partial charge in [-0.15, -0.1) is 0 Å². The molecule has 0 bridgehead atoms. The van der Waals surface area contributed by atoms with Gasteiger partial charge in [0.05, 0.1) is 12.7 Å². The van der Waals surface area contributed by atoms with E-state index in [1.54, 1.807) is 20.8 Å². The fourth-order valence-electron chi connectivity index (χ4n) is 1.21. The number of aromatic amines is 1. The molecule has 1 heterocycles. The molecular formula is C9H14N2O3. The van der Waals surface area contributed by atoms with E-state index in [4.69, 9.17) is 4.74 Å². The topological polar surface area (TPSA) is 64.1 Å². The van der Waals surface area contributed by atoms with E-state index in [0.29, 0.717) is 6.61 Å². The Labute approximate surface area is 81.3 Å². The molecule has 0 unspecified atom stereocenters. The Balaban J connectivity index is 3.26. The number of hydrogen-bond donors (Lipinski definition) is 1. The van der Waals surface area contributed by atoms with E-state index in [2.05, 4.69) is 4.98 Å². The third-order valence-electron chi connectivity index (χ3n) is 1.76. The molecule has 0 aromatic carbocycles. The smallest absolute Gasteiger partial charge is 0.331 e. The van der Waals surface area contributed by atoms with Gasteiger partial charge in [0.2, 0.25) is 0 Å². The molecule has 0 saturated carbocycles. The molecular weight excluding hydrogens is 184 g/mol. The first-order valence-electron chi connectivity index (χ1n) is 4.55. The summed E-state index contributed by atoms with van der Waals surface area (Å²) >= 11 is 0. The zero-order valence-corrected chi connectivity index (χ0v) is 8.53. The van der Waals surface area contributed by atoms with E-state index in [1.807, 2.05) is 0 Å². The van der Waals surface area contributed by atoms with Crippen molar-refractivity contribution < 1.29 is 4.74 Å². The van der Waals surface area contributed by atoms with E-state index in [1.165, 1.54) is 6.07 Å². The predicted molar refractivity (Wildman–Crippen MR) is 52.9 cm³/mol. The molecule has 78 valence electrons. The molecule has 0 aliphatic carbocycles. The molecule has 0 atom stereocenters. The van der Waals surface area contributed by atoms with Crippen molar-refractivity contribution in [3.63, 3.8) is 0 Å². The molecule has 1 aromatic rings. The molecule has 5 heteroatoms. The minimum absolute atomic E-state index is 0.151. The Hall–Kier alpha value is -1.52. The molecule has 1 N–H and O–H groups in total. The highest BCUT2D eigenvalue weighted by atomic mass is 16.5. The van der Waals surface area contributed by atoms with Crippen LogP contribution in [0.15, 0.2) is 15.7 Å². The fourth-order valence-corrected chi connectivity index (χ4v) is 1.21. The first-order chi connectivity index (χ1) is 6.56. The zero-order valence-electron chi connectivity index (χ0n) is 8.53. The normalized spacial score (nSPS) is 10.6. The van der Waals surface area contributed by atoms with Gasteiger partial charge < -0.3 is 4.74 Å². The zero-order chi connectivity index (χ0) is 10.7. The number of hydrogen-bond acceptors (Lipinski definition) is 3. The lowest BCUT2D eigenvalue weighted by Crippen LogP contribution is -2.35. The average molecular weight is 198 g/mol.